The van der Waals surface area contributed by atoms with Crippen molar-refractivity contribution in [1.82, 2.24) is 15.3 Å². The van der Waals surface area contributed by atoms with Crippen LogP contribution in [0.2, 0.25) is 5.02 Å². The molecule has 1 atom stereocenters. The average Bonchev–Trinajstić information content (AvgIpc) is 2.65. The van der Waals surface area contributed by atoms with Crippen LogP contribution in [0.15, 0.2) is 35.9 Å². The van der Waals surface area contributed by atoms with Crippen LogP contribution in [-0.2, 0) is 16.0 Å². The quantitative estimate of drug-likeness (QED) is 0.410. The van der Waals surface area contributed by atoms with Crippen molar-refractivity contribution in [3.63, 3.8) is 0 Å². The minimum absolute atomic E-state index is 0.228. The van der Waals surface area contributed by atoms with Crippen molar-refractivity contribution in [3.8, 4) is 0 Å². The van der Waals surface area contributed by atoms with Crippen LogP contribution >= 0.6 is 11.6 Å². The maximum Gasteiger partial charge on any atom is 0.435 e. The maximum absolute atomic E-state index is 13.5. The van der Waals surface area contributed by atoms with Gasteiger partial charge in [-0.25, -0.2) is 22.8 Å². The predicted molar refractivity (Wildman–Crippen MR) is 103 cm³/mol. The SMILES string of the molecule is CS(=O)(=O)/C=C/CNC(=O)c1ncc(N[C@@H](O)c2cccc(F)c2Cl)c(C(F)(F)F)n1. The molecule has 8 nitrogen and oxygen atoms in total. The molecule has 31 heavy (non-hydrogen) atoms. The second-order valence-corrected chi connectivity index (χ2v) is 8.36. The van der Waals surface area contributed by atoms with E-state index >= 15 is 0 Å². The number of aliphatic hydroxyl groups is 1. The molecule has 0 saturated carbocycles. The number of amides is 1. The lowest BCUT2D eigenvalue weighted by molar-refractivity contribution is -0.140. The summed E-state index contributed by atoms with van der Waals surface area (Å²) in [6, 6.07) is 3.40. The van der Waals surface area contributed by atoms with Crippen molar-refractivity contribution >= 4 is 33.0 Å². The fraction of sp³-hybridized carbons (Fsp3) is 0.235. The summed E-state index contributed by atoms with van der Waals surface area (Å²) in [6.07, 6.45) is -4.27. The van der Waals surface area contributed by atoms with E-state index < -0.39 is 56.2 Å². The molecule has 2 rings (SSSR count). The smallest absolute Gasteiger partial charge is 0.369 e. The van der Waals surface area contributed by atoms with E-state index in [-0.39, 0.29) is 12.1 Å². The minimum Gasteiger partial charge on any atom is -0.369 e. The molecule has 1 aromatic carbocycles. The molecule has 168 valence electrons. The number of aliphatic hydroxyl groups excluding tert-OH is 1. The number of carbonyl (C=O) groups is 1. The summed E-state index contributed by atoms with van der Waals surface area (Å²) in [5.74, 6) is -2.82. The lowest BCUT2D eigenvalue weighted by Crippen LogP contribution is -2.27. The summed E-state index contributed by atoms with van der Waals surface area (Å²) >= 11 is 5.71. The zero-order chi connectivity index (χ0) is 23.4. The molecule has 0 radical (unpaired) electrons. The number of nitrogens with one attached hydrogen (secondary N) is 2. The molecule has 2 aromatic rings. The number of hydrogen-bond acceptors (Lipinski definition) is 7. The highest BCUT2D eigenvalue weighted by Gasteiger charge is 2.37. The minimum atomic E-state index is -5.04. The number of anilines is 1. The van der Waals surface area contributed by atoms with Crippen LogP contribution < -0.4 is 10.6 Å². The average molecular weight is 483 g/mol. The highest BCUT2D eigenvalue weighted by Crippen LogP contribution is 2.35. The number of benzene rings is 1. The number of aromatic nitrogens is 2. The summed E-state index contributed by atoms with van der Waals surface area (Å²) in [4.78, 5) is 18.7. The van der Waals surface area contributed by atoms with Gasteiger partial charge in [0.2, 0.25) is 5.82 Å². The van der Waals surface area contributed by atoms with E-state index in [1.807, 2.05) is 0 Å². The van der Waals surface area contributed by atoms with Gasteiger partial charge in [-0.1, -0.05) is 29.8 Å². The van der Waals surface area contributed by atoms with Gasteiger partial charge in [0.15, 0.2) is 21.8 Å². The first-order chi connectivity index (χ1) is 14.3. The Morgan fingerprint density at radius 1 is 1.35 bits per heavy atom. The van der Waals surface area contributed by atoms with E-state index in [1.165, 1.54) is 12.1 Å². The molecule has 14 heteroatoms. The van der Waals surface area contributed by atoms with E-state index in [1.54, 1.807) is 0 Å². The molecule has 1 heterocycles. The Hall–Kier alpha value is -2.77. The van der Waals surface area contributed by atoms with Crippen molar-refractivity contribution in [2.24, 2.45) is 0 Å². The summed E-state index contributed by atoms with van der Waals surface area (Å²) in [6.45, 7) is -0.298. The van der Waals surface area contributed by atoms with Gasteiger partial charge in [0.1, 0.15) is 5.82 Å². The van der Waals surface area contributed by atoms with Crippen molar-refractivity contribution in [2.45, 2.75) is 12.4 Å². The lowest BCUT2D eigenvalue weighted by Gasteiger charge is -2.19. The molecular weight excluding hydrogens is 468 g/mol. The predicted octanol–water partition coefficient (Wildman–Crippen LogP) is 2.68. The third-order valence-electron chi connectivity index (χ3n) is 3.55. The Kier molecular flexibility index (Phi) is 7.57. The molecule has 1 aromatic heterocycles. The van der Waals surface area contributed by atoms with E-state index in [9.17, 15) is 35.9 Å². The summed E-state index contributed by atoms with van der Waals surface area (Å²) < 4.78 is 75.7. The molecule has 3 N–H and O–H groups in total. The first-order valence-corrected chi connectivity index (χ1v) is 10.6. The summed E-state index contributed by atoms with van der Waals surface area (Å²) in [5.41, 5.74) is -2.57. The van der Waals surface area contributed by atoms with Crippen LogP contribution in [0.5, 0.6) is 0 Å². The Morgan fingerprint density at radius 3 is 2.65 bits per heavy atom. The molecule has 0 aliphatic heterocycles. The van der Waals surface area contributed by atoms with Crippen molar-refractivity contribution in [1.29, 1.82) is 0 Å². The first kappa shape index (κ1) is 24.5. The number of rotatable bonds is 7. The molecule has 0 bridgehead atoms. The maximum atomic E-state index is 13.5. The number of sulfone groups is 1. The van der Waals surface area contributed by atoms with Crippen molar-refractivity contribution in [3.05, 3.63) is 63.8 Å². The molecule has 0 aliphatic carbocycles. The van der Waals surface area contributed by atoms with Gasteiger partial charge < -0.3 is 15.7 Å². The van der Waals surface area contributed by atoms with Crippen molar-refractivity contribution in [2.75, 3.05) is 18.1 Å². The third-order valence-corrected chi connectivity index (χ3v) is 4.64. The number of halogens is 5. The van der Waals surface area contributed by atoms with Gasteiger partial charge in [-0.15, -0.1) is 0 Å². The highest BCUT2D eigenvalue weighted by molar-refractivity contribution is 7.93. The van der Waals surface area contributed by atoms with E-state index in [2.05, 4.69) is 20.6 Å². The zero-order valence-corrected chi connectivity index (χ0v) is 17.2. The van der Waals surface area contributed by atoms with Gasteiger partial charge in [-0.3, -0.25) is 4.79 Å². The largest absolute Gasteiger partial charge is 0.435 e. The van der Waals surface area contributed by atoms with Crippen molar-refractivity contribution < 1.29 is 35.9 Å². The second-order valence-electron chi connectivity index (χ2n) is 6.05. The summed E-state index contributed by atoms with van der Waals surface area (Å²) in [7, 11) is -3.44. The molecule has 0 aliphatic rings. The Bertz CT molecular complexity index is 1110. The van der Waals surface area contributed by atoms with Crippen LogP contribution in [0.1, 0.15) is 28.1 Å². The normalized spacial score (nSPS) is 13.3. The van der Waals surface area contributed by atoms with Gasteiger partial charge >= 0.3 is 6.18 Å². The Morgan fingerprint density at radius 2 is 2.03 bits per heavy atom. The molecule has 0 saturated heterocycles. The van der Waals surface area contributed by atoms with Gasteiger partial charge in [0.05, 0.1) is 16.9 Å². The Balaban J connectivity index is 2.26. The zero-order valence-electron chi connectivity index (χ0n) is 15.6. The van der Waals surface area contributed by atoms with Gasteiger partial charge in [0, 0.05) is 23.8 Å². The topological polar surface area (TPSA) is 121 Å². The van der Waals surface area contributed by atoms with Gasteiger partial charge in [-0.2, -0.15) is 13.2 Å². The highest BCUT2D eigenvalue weighted by atomic mass is 35.5. The van der Waals surface area contributed by atoms with E-state index in [0.29, 0.717) is 6.20 Å². The molecular formula is C17H15ClF4N4O4S. The van der Waals surface area contributed by atoms with Gasteiger partial charge in [-0.05, 0) is 6.07 Å². The molecule has 0 unspecified atom stereocenters. The van der Waals surface area contributed by atoms with Crippen LogP contribution in [0.4, 0.5) is 23.2 Å². The fourth-order valence-corrected chi connectivity index (χ4v) is 2.90. The van der Waals surface area contributed by atoms with Crippen LogP contribution in [0, 0.1) is 5.82 Å². The Labute approximate surface area is 178 Å². The number of hydrogen-bond donors (Lipinski definition) is 3. The molecule has 1 amide bonds. The third kappa shape index (κ3) is 6.87. The number of carbonyl (C=O) groups excluding carboxylic acids is 1. The van der Waals surface area contributed by atoms with Crippen LogP contribution in [-0.4, -0.2) is 42.2 Å². The van der Waals surface area contributed by atoms with E-state index in [4.69, 9.17) is 11.6 Å². The second kappa shape index (κ2) is 9.58. The lowest BCUT2D eigenvalue weighted by atomic mass is 10.2. The standard InChI is InChI=1S/C17H15ClF4N4O4S/c1-31(29,30)7-3-6-23-16(28)14-24-8-11(13(26-14)17(20,21)22)25-15(27)9-4-2-5-10(19)12(9)18/h2-5,7-8,15,25,27H,6H2,1H3,(H,23,28)/b7-3+/t15-/m0/s1. The summed E-state index contributed by atoms with van der Waals surface area (Å²) in [5, 5.41) is 14.7. The monoisotopic (exact) mass is 482 g/mol. The molecule has 0 spiro atoms. The van der Waals surface area contributed by atoms with Crippen LogP contribution in [0.3, 0.4) is 0 Å². The number of nitrogens with zero attached hydrogens (tertiary/aromatic N) is 2. The van der Waals surface area contributed by atoms with Gasteiger partial charge in [0.25, 0.3) is 5.91 Å². The van der Waals surface area contributed by atoms with Crippen LogP contribution in [0.25, 0.3) is 0 Å². The van der Waals surface area contributed by atoms with E-state index in [0.717, 1.165) is 23.8 Å². The molecule has 0 fully saturated rings. The number of alkyl halides is 3. The fourth-order valence-electron chi connectivity index (χ4n) is 2.22. The first-order valence-electron chi connectivity index (χ1n) is 8.27.